The van der Waals surface area contributed by atoms with Crippen LogP contribution in [0.1, 0.15) is 33.6 Å². The van der Waals surface area contributed by atoms with Crippen molar-refractivity contribution in [3.63, 3.8) is 0 Å². The summed E-state index contributed by atoms with van der Waals surface area (Å²) in [5, 5.41) is 6.94. The van der Waals surface area contributed by atoms with E-state index in [1.54, 1.807) is 0 Å². The molecule has 0 aromatic rings. The van der Waals surface area contributed by atoms with Gasteiger partial charge in [-0.15, -0.1) is 0 Å². The minimum absolute atomic E-state index is 0.618. The fourth-order valence-electron chi connectivity index (χ4n) is 1.71. The van der Waals surface area contributed by atoms with Crippen LogP contribution in [0.4, 0.5) is 0 Å². The van der Waals surface area contributed by atoms with Crippen molar-refractivity contribution in [1.29, 1.82) is 0 Å². The van der Waals surface area contributed by atoms with Crippen LogP contribution in [0.5, 0.6) is 0 Å². The van der Waals surface area contributed by atoms with Crippen molar-refractivity contribution in [2.75, 3.05) is 13.1 Å². The van der Waals surface area contributed by atoms with Gasteiger partial charge >= 0.3 is 0 Å². The van der Waals surface area contributed by atoms with Gasteiger partial charge in [-0.1, -0.05) is 20.8 Å². The molecule has 0 saturated heterocycles. The number of hydrogen-bond donors (Lipinski definition) is 2. The molecule has 1 aliphatic carbocycles. The Kier molecular flexibility index (Phi) is 4.02. The molecule has 0 unspecified atom stereocenters. The Morgan fingerprint density at radius 2 is 1.92 bits per heavy atom. The highest BCUT2D eigenvalue weighted by Gasteiger charge is 2.23. The molecule has 1 rings (SSSR count). The normalized spacial score (nSPS) is 29.0. The van der Waals surface area contributed by atoms with Crippen LogP contribution in [0.15, 0.2) is 0 Å². The molecule has 2 nitrogen and oxygen atoms in total. The first kappa shape index (κ1) is 10.0. The van der Waals surface area contributed by atoms with Crippen molar-refractivity contribution >= 4 is 0 Å². The molecule has 0 radical (unpaired) electrons. The van der Waals surface area contributed by atoms with E-state index in [4.69, 9.17) is 0 Å². The van der Waals surface area contributed by atoms with Gasteiger partial charge in [0.05, 0.1) is 0 Å². The average molecular weight is 170 g/mol. The van der Waals surface area contributed by atoms with Crippen molar-refractivity contribution in [1.82, 2.24) is 10.6 Å². The zero-order valence-electron chi connectivity index (χ0n) is 8.56. The average Bonchev–Trinajstić information content (AvgIpc) is 1.93. The van der Waals surface area contributed by atoms with Crippen LogP contribution in [-0.2, 0) is 0 Å². The van der Waals surface area contributed by atoms with Gasteiger partial charge in [-0.25, -0.2) is 0 Å². The minimum atomic E-state index is 0.618. The zero-order valence-corrected chi connectivity index (χ0v) is 8.56. The maximum atomic E-state index is 3.54. The monoisotopic (exact) mass is 170 g/mol. The summed E-state index contributed by atoms with van der Waals surface area (Å²) in [7, 11) is 0. The summed E-state index contributed by atoms with van der Waals surface area (Å²) in [4.78, 5) is 0. The summed E-state index contributed by atoms with van der Waals surface area (Å²) in [6, 6.07) is 1.43. The third-order valence-corrected chi connectivity index (χ3v) is 2.48. The SMILES string of the molecule is CC1CC(NCCNC(C)C)C1. The van der Waals surface area contributed by atoms with Crippen molar-refractivity contribution in [2.24, 2.45) is 5.92 Å². The number of rotatable bonds is 5. The quantitative estimate of drug-likeness (QED) is 0.609. The first-order valence-corrected chi connectivity index (χ1v) is 5.15. The Morgan fingerprint density at radius 1 is 1.25 bits per heavy atom. The van der Waals surface area contributed by atoms with Crippen LogP contribution in [0, 0.1) is 5.92 Å². The topological polar surface area (TPSA) is 24.1 Å². The highest BCUT2D eigenvalue weighted by Crippen LogP contribution is 2.25. The van der Waals surface area contributed by atoms with E-state index in [-0.39, 0.29) is 0 Å². The molecule has 0 atom stereocenters. The number of hydrogen-bond acceptors (Lipinski definition) is 2. The Labute approximate surface area is 76.1 Å². The molecule has 0 bridgehead atoms. The molecule has 0 aromatic carbocycles. The maximum absolute atomic E-state index is 3.54. The van der Waals surface area contributed by atoms with E-state index in [9.17, 15) is 0 Å². The van der Waals surface area contributed by atoms with Crippen LogP contribution in [0.3, 0.4) is 0 Å². The van der Waals surface area contributed by atoms with Gasteiger partial charge in [-0.2, -0.15) is 0 Å². The van der Waals surface area contributed by atoms with Gasteiger partial charge in [0.1, 0.15) is 0 Å². The van der Waals surface area contributed by atoms with Crippen LogP contribution in [0.2, 0.25) is 0 Å². The molecule has 72 valence electrons. The summed E-state index contributed by atoms with van der Waals surface area (Å²) < 4.78 is 0. The van der Waals surface area contributed by atoms with Crippen LogP contribution >= 0.6 is 0 Å². The van der Waals surface area contributed by atoms with Crippen molar-refractivity contribution < 1.29 is 0 Å². The fourth-order valence-corrected chi connectivity index (χ4v) is 1.71. The lowest BCUT2D eigenvalue weighted by molar-refractivity contribution is 0.242. The van der Waals surface area contributed by atoms with E-state index in [1.807, 2.05) is 0 Å². The van der Waals surface area contributed by atoms with Gasteiger partial charge in [0, 0.05) is 25.2 Å². The zero-order chi connectivity index (χ0) is 8.97. The van der Waals surface area contributed by atoms with Crippen molar-refractivity contribution in [3.05, 3.63) is 0 Å². The van der Waals surface area contributed by atoms with E-state index in [0.29, 0.717) is 6.04 Å². The first-order valence-electron chi connectivity index (χ1n) is 5.15. The molecule has 0 aromatic heterocycles. The van der Waals surface area contributed by atoms with E-state index < -0.39 is 0 Å². The van der Waals surface area contributed by atoms with Crippen molar-refractivity contribution in [2.45, 2.75) is 45.7 Å². The van der Waals surface area contributed by atoms with Crippen LogP contribution < -0.4 is 10.6 Å². The Morgan fingerprint density at radius 3 is 2.42 bits per heavy atom. The molecule has 1 aliphatic rings. The van der Waals surface area contributed by atoms with E-state index >= 15 is 0 Å². The maximum Gasteiger partial charge on any atom is 0.00794 e. The highest BCUT2D eigenvalue weighted by atomic mass is 15.0. The van der Waals surface area contributed by atoms with Gasteiger partial charge in [-0.05, 0) is 18.8 Å². The molecular weight excluding hydrogens is 148 g/mol. The van der Waals surface area contributed by atoms with E-state index in [2.05, 4.69) is 31.4 Å². The summed E-state index contributed by atoms with van der Waals surface area (Å²) in [6.45, 7) is 8.92. The highest BCUT2D eigenvalue weighted by molar-refractivity contribution is 4.82. The van der Waals surface area contributed by atoms with E-state index in [0.717, 1.165) is 25.0 Å². The molecule has 0 heterocycles. The fraction of sp³-hybridized carbons (Fsp3) is 1.00. The van der Waals surface area contributed by atoms with E-state index in [1.165, 1.54) is 12.8 Å². The second-order valence-electron chi connectivity index (χ2n) is 4.34. The molecule has 1 fully saturated rings. The first-order chi connectivity index (χ1) is 5.68. The predicted molar refractivity (Wildman–Crippen MR) is 53.3 cm³/mol. The van der Waals surface area contributed by atoms with Gasteiger partial charge in [0.15, 0.2) is 0 Å². The summed E-state index contributed by atoms with van der Waals surface area (Å²) in [5.74, 6) is 0.959. The third kappa shape index (κ3) is 3.55. The lowest BCUT2D eigenvalue weighted by Crippen LogP contribution is -2.43. The second kappa shape index (κ2) is 4.83. The van der Waals surface area contributed by atoms with Crippen LogP contribution in [0.25, 0.3) is 0 Å². The van der Waals surface area contributed by atoms with Gasteiger partial charge < -0.3 is 10.6 Å². The molecule has 2 heteroatoms. The second-order valence-corrected chi connectivity index (χ2v) is 4.34. The van der Waals surface area contributed by atoms with Gasteiger partial charge in [0.25, 0.3) is 0 Å². The van der Waals surface area contributed by atoms with Gasteiger partial charge in [-0.3, -0.25) is 0 Å². The Hall–Kier alpha value is -0.0800. The molecule has 0 spiro atoms. The Balaban J connectivity index is 1.83. The summed E-state index contributed by atoms with van der Waals surface area (Å²) in [6.07, 6.45) is 2.75. The lowest BCUT2D eigenvalue weighted by atomic mass is 9.82. The lowest BCUT2D eigenvalue weighted by Gasteiger charge is -2.33. The number of nitrogens with one attached hydrogen (secondary N) is 2. The molecular formula is C10H22N2. The summed E-state index contributed by atoms with van der Waals surface area (Å²) in [5.41, 5.74) is 0. The van der Waals surface area contributed by atoms with Gasteiger partial charge in [0.2, 0.25) is 0 Å². The molecule has 0 aliphatic heterocycles. The molecule has 12 heavy (non-hydrogen) atoms. The largest absolute Gasteiger partial charge is 0.313 e. The predicted octanol–water partition coefficient (Wildman–Crippen LogP) is 1.37. The molecule has 0 amide bonds. The minimum Gasteiger partial charge on any atom is -0.313 e. The summed E-state index contributed by atoms with van der Waals surface area (Å²) >= 11 is 0. The Bertz CT molecular complexity index is 117. The standard InChI is InChI=1S/C10H22N2/c1-8(2)11-4-5-12-10-6-9(3)7-10/h8-12H,4-7H2,1-3H3. The third-order valence-electron chi connectivity index (χ3n) is 2.48. The molecule has 1 saturated carbocycles. The van der Waals surface area contributed by atoms with Crippen LogP contribution in [-0.4, -0.2) is 25.2 Å². The smallest absolute Gasteiger partial charge is 0.00794 e. The molecule has 2 N–H and O–H groups in total. The van der Waals surface area contributed by atoms with Crippen molar-refractivity contribution in [3.8, 4) is 0 Å².